The number of fused-ring (bicyclic) bond motifs is 1. The predicted molar refractivity (Wildman–Crippen MR) is 138 cm³/mol. The van der Waals surface area contributed by atoms with Gasteiger partial charge in [0.25, 0.3) is 5.91 Å². The highest BCUT2D eigenvalue weighted by Crippen LogP contribution is 2.43. The number of hydrogen-bond acceptors (Lipinski definition) is 8. The van der Waals surface area contributed by atoms with Crippen molar-refractivity contribution in [1.29, 1.82) is 0 Å². The summed E-state index contributed by atoms with van der Waals surface area (Å²) in [7, 11) is 3.61. The molecular formula is C25H33N7OS. The number of pyridine rings is 1. The second kappa shape index (κ2) is 9.46. The van der Waals surface area contributed by atoms with E-state index in [0.717, 1.165) is 52.3 Å². The highest BCUT2D eigenvalue weighted by molar-refractivity contribution is 7.21. The molecule has 2 N–H and O–H groups in total. The number of anilines is 3. The van der Waals surface area contributed by atoms with Crippen LogP contribution in [0.15, 0.2) is 24.5 Å². The Morgan fingerprint density at radius 2 is 1.85 bits per heavy atom. The summed E-state index contributed by atoms with van der Waals surface area (Å²) in [5.41, 5.74) is 3.13. The highest BCUT2D eigenvalue weighted by atomic mass is 32.1. The molecule has 2 fully saturated rings. The molecule has 3 aromatic heterocycles. The monoisotopic (exact) mass is 479 g/mol. The van der Waals surface area contributed by atoms with Gasteiger partial charge in [-0.05, 0) is 44.7 Å². The number of aromatic nitrogens is 3. The highest BCUT2D eigenvalue weighted by Gasteiger charge is 2.29. The van der Waals surface area contributed by atoms with E-state index in [1.807, 2.05) is 18.5 Å². The van der Waals surface area contributed by atoms with Crippen molar-refractivity contribution in [2.45, 2.75) is 57.5 Å². The number of carbonyl (C=O) groups is 1. The summed E-state index contributed by atoms with van der Waals surface area (Å²) in [5.74, 6) is 1.66. The van der Waals surface area contributed by atoms with Crippen molar-refractivity contribution in [3.05, 3.63) is 35.0 Å². The van der Waals surface area contributed by atoms with Crippen molar-refractivity contribution in [2.75, 3.05) is 37.4 Å². The van der Waals surface area contributed by atoms with Gasteiger partial charge in [-0.25, -0.2) is 15.0 Å². The maximum absolute atomic E-state index is 12.9. The van der Waals surface area contributed by atoms with Gasteiger partial charge in [-0.1, -0.05) is 12.8 Å². The van der Waals surface area contributed by atoms with Crippen LogP contribution in [0.5, 0.6) is 0 Å². The second-order valence-corrected chi connectivity index (χ2v) is 10.9. The number of nitrogens with one attached hydrogen (secondary N) is 2. The van der Waals surface area contributed by atoms with Crippen molar-refractivity contribution >= 4 is 44.9 Å². The van der Waals surface area contributed by atoms with Crippen LogP contribution >= 0.6 is 11.3 Å². The van der Waals surface area contributed by atoms with Gasteiger partial charge in [0.1, 0.15) is 5.82 Å². The van der Waals surface area contributed by atoms with E-state index < -0.39 is 0 Å². The number of thiophene rings is 1. The van der Waals surface area contributed by atoms with Gasteiger partial charge in [-0.15, -0.1) is 11.3 Å². The lowest BCUT2D eigenvalue weighted by molar-refractivity contribution is 0.0831. The summed E-state index contributed by atoms with van der Waals surface area (Å²) in [6.07, 6.45) is 8.37. The molecule has 0 bridgehead atoms. The first kappa shape index (κ1) is 23.0. The maximum Gasteiger partial charge on any atom is 0.263 e. The Balaban J connectivity index is 1.41. The number of rotatable bonds is 5. The minimum Gasteiger partial charge on any atom is -0.367 e. The molecule has 0 unspecified atom stereocenters. The van der Waals surface area contributed by atoms with Crippen LogP contribution in [0.2, 0.25) is 0 Å². The Kier molecular flexibility index (Phi) is 6.40. The SMILES string of the molecule is C[C@@H]1CN(c2ccc(Nc3ncc4sc(C(=O)N(C)C)c(C5CCCC5)c4n3)nc2)C[C@H](C)N1. The summed E-state index contributed by atoms with van der Waals surface area (Å²) in [6.45, 7) is 6.35. The van der Waals surface area contributed by atoms with E-state index in [2.05, 4.69) is 45.4 Å². The fraction of sp³-hybridized carbons (Fsp3) is 0.520. The lowest BCUT2D eigenvalue weighted by Crippen LogP contribution is -2.54. The summed E-state index contributed by atoms with van der Waals surface area (Å²) in [5, 5.41) is 6.83. The molecule has 9 heteroatoms. The smallest absolute Gasteiger partial charge is 0.263 e. The number of hydrogen-bond donors (Lipinski definition) is 2. The third kappa shape index (κ3) is 4.59. The molecule has 4 heterocycles. The van der Waals surface area contributed by atoms with Crippen molar-refractivity contribution in [3.8, 4) is 0 Å². The van der Waals surface area contributed by atoms with Crippen LogP contribution < -0.4 is 15.5 Å². The lowest BCUT2D eigenvalue weighted by Gasteiger charge is -2.37. The summed E-state index contributed by atoms with van der Waals surface area (Å²) < 4.78 is 0.961. The van der Waals surface area contributed by atoms with Crippen LogP contribution in [0, 0.1) is 0 Å². The zero-order chi connectivity index (χ0) is 23.8. The molecule has 0 spiro atoms. The van der Waals surface area contributed by atoms with Crippen molar-refractivity contribution < 1.29 is 4.79 Å². The summed E-state index contributed by atoms with van der Waals surface area (Å²) >= 11 is 1.51. The second-order valence-electron chi connectivity index (χ2n) is 9.83. The fourth-order valence-corrected chi connectivity index (χ4v) is 6.45. The predicted octanol–water partition coefficient (Wildman–Crippen LogP) is 4.38. The Morgan fingerprint density at radius 3 is 2.50 bits per heavy atom. The van der Waals surface area contributed by atoms with Crippen LogP contribution in [0.25, 0.3) is 10.2 Å². The van der Waals surface area contributed by atoms with Gasteiger partial charge in [-0.3, -0.25) is 4.79 Å². The van der Waals surface area contributed by atoms with Crippen LogP contribution in [0.4, 0.5) is 17.5 Å². The Labute approximate surface area is 204 Å². The first-order valence-electron chi connectivity index (χ1n) is 12.1. The van der Waals surface area contributed by atoms with E-state index in [4.69, 9.17) is 4.98 Å². The number of amides is 1. The third-order valence-corrected chi connectivity index (χ3v) is 7.86. The van der Waals surface area contributed by atoms with Crippen LogP contribution in [0.3, 0.4) is 0 Å². The molecule has 0 radical (unpaired) electrons. The van der Waals surface area contributed by atoms with Crippen LogP contribution in [-0.4, -0.2) is 65.0 Å². The van der Waals surface area contributed by atoms with Crippen molar-refractivity contribution in [2.24, 2.45) is 0 Å². The molecule has 0 aromatic carbocycles. The van der Waals surface area contributed by atoms with Crippen molar-refractivity contribution in [3.63, 3.8) is 0 Å². The summed E-state index contributed by atoms with van der Waals surface area (Å²) in [4.78, 5) is 31.8. The molecule has 1 aliphatic heterocycles. The third-order valence-electron chi connectivity index (χ3n) is 6.74. The first-order chi connectivity index (χ1) is 16.4. The largest absolute Gasteiger partial charge is 0.367 e. The Bertz CT molecular complexity index is 1160. The molecular weight excluding hydrogens is 446 g/mol. The number of nitrogens with zero attached hydrogens (tertiary/aromatic N) is 5. The van der Waals surface area contributed by atoms with Gasteiger partial charge >= 0.3 is 0 Å². The van der Waals surface area contributed by atoms with Crippen LogP contribution in [0.1, 0.15) is 60.7 Å². The van der Waals surface area contributed by atoms with E-state index in [0.29, 0.717) is 29.8 Å². The summed E-state index contributed by atoms with van der Waals surface area (Å²) in [6, 6.07) is 4.98. The van der Waals surface area contributed by atoms with Gasteiger partial charge in [-0.2, -0.15) is 0 Å². The molecule has 8 nitrogen and oxygen atoms in total. The maximum atomic E-state index is 12.9. The van der Waals surface area contributed by atoms with E-state index >= 15 is 0 Å². The zero-order valence-electron chi connectivity index (χ0n) is 20.3. The molecule has 1 amide bonds. The molecule has 180 valence electrons. The molecule has 1 saturated heterocycles. The van der Waals surface area contributed by atoms with Gasteiger partial charge in [0, 0.05) is 44.8 Å². The van der Waals surface area contributed by atoms with Crippen molar-refractivity contribution in [1.82, 2.24) is 25.2 Å². The average molecular weight is 480 g/mol. The normalized spacial score (nSPS) is 21.2. The van der Waals surface area contributed by atoms with E-state index in [-0.39, 0.29) is 5.91 Å². The Hall–Kier alpha value is -2.78. The first-order valence-corrected chi connectivity index (χ1v) is 13.0. The number of piperazine rings is 1. The van der Waals surface area contributed by atoms with Gasteiger partial charge in [0.15, 0.2) is 0 Å². The lowest BCUT2D eigenvalue weighted by atomic mass is 9.96. The molecule has 2 aliphatic rings. The minimum atomic E-state index is 0.0493. The topological polar surface area (TPSA) is 86.3 Å². The fourth-order valence-electron chi connectivity index (χ4n) is 5.23. The molecule has 34 heavy (non-hydrogen) atoms. The minimum absolute atomic E-state index is 0.0493. The van der Waals surface area contributed by atoms with Gasteiger partial charge in [0.05, 0.1) is 33.2 Å². The van der Waals surface area contributed by atoms with Crippen LogP contribution in [-0.2, 0) is 0 Å². The Morgan fingerprint density at radius 1 is 1.12 bits per heavy atom. The van der Waals surface area contributed by atoms with E-state index in [9.17, 15) is 4.79 Å². The van der Waals surface area contributed by atoms with Gasteiger partial charge in [0.2, 0.25) is 5.95 Å². The standard InChI is InChI=1S/C25H33N7OS/c1-15-13-32(14-16(2)28-15)18-9-10-20(26-11-18)29-25-27-12-19-22(30-25)21(17-7-5-6-8-17)23(34-19)24(33)31(3)4/h9-12,15-17,28H,5-8,13-14H2,1-4H3,(H,26,27,29,30)/t15-,16+. The van der Waals surface area contributed by atoms with Gasteiger partial charge < -0.3 is 20.4 Å². The average Bonchev–Trinajstić information content (AvgIpc) is 3.45. The molecule has 1 saturated carbocycles. The number of carbonyl (C=O) groups excluding carboxylic acids is 1. The molecule has 1 aliphatic carbocycles. The molecule has 2 atom stereocenters. The van der Waals surface area contributed by atoms with E-state index in [1.54, 1.807) is 19.0 Å². The molecule has 5 rings (SSSR count). The zero-order valence-corrected chi connectivity index (χ0v) is 21.2. The quantitative estimate of drug-likeness (QED) is 0.562. The molecule has 3 aromatic rings. The van der Waals surface area contributed by atoms with E-state index in [1.165, 1.54) is 24.2 Å².